The van der Waals surface area contributed by atoms with Crippen molar-refractivity contribution >= 4 is 27.9 Å². The summed E-state index contributed by atoms with van der Waals surface area (Å²) in [6.07, 6.45) is 1.34. The van der Waals surface area contributed by atoms with Crippen LogP contribution in [-0.4, -0.2) is 32.6 Å². The van der Waals surface area contributed by atoms with E-state index in [1.807, 2.05) is 6.92 Å². The molecule has 0 saturated carbocycles. The maximum absolute atomic E-state index is 12.5. The Balaban J connectivity index is 1.63. The van der Waals surface area contributed by atoms with Crippen molar-refractivity contribution < 1.29 is 27.1 Å². The summed E-state index contributed by atoms with van der Waals surface area (Å²) in [6.45, 7) is 1.85. The molecule has 0 aliphatic heterocycles. The van der Waals surface area contributed by atoms with Gasteiger partial charge in [-0.05, 0) is 48.4 Å². The highest BCUT2D eigenvalue weighted by Gasteiger charge is 2.19. The Morgan fingerprint density at radius 1 is 1.06 bits per heavy atom. The molecule has 0 aliphatic rings. The monoisotopic (exact) mass is 483 g/mol. The third-order valence-corrected chi connectivity index (χ3v) is 5.86. The quantitative estimate of drug-likeness (QED) is 0.213. The van der Waals surface area contributed by atoms with E-state index in [2.05, 4.69) is 10.5 Å². The lowest BCUT2D eigenvalue weighted by Gasteiger charge is -2.11. The second-order valence-electron chi connectivity index (χ2n) is 7.15. The van der Waals surface area contributed by atoms with Gasteiger partial charge in [-0.1, -0.05) is 29.8 Å². The number of amides is 1. The van der Waals surface area contributed by atoms with Crippen molar-refractivity contribution in [3.05, 3.63) is 93.5 Å². The highest BCUT2D eigenvalue weighted by atomic mass is 32.2. The molecule has 3 rings (SSSR count). The summed E-state index contributed by atoms with van der Waals surface area (Å²) in [5.41, 5.74) is 4.33. The van der Waals surface area contributed by atoms with E-state index in [4.69, 9.17) is 8.92 Å². The third kappa shape index (κ3) is 6.39. The van der Waals surface area contributed by atoms with Gasteiger partial charge in [0.1, 0.15) is 4.90 Å². The van der Waals surface area contributed by atoms with Crippen LogP contribution in [0.2, 0.25) is 0 Å². The van der Waals surface area contributed by atoms with Gasteiger partial charge >= 0.3 is 10.1 Å². The molecule has 0 aliphatic carbocycles. The van der Waals surface area contributed by atoms with Crippen LogP contribution in [0.15, 0.2) is 76.7 Å². The number of hydrogen-bond donors (Lipinski definition) is 1. The number of nitro benzene ring substituents is 1. The second kappa shape index (κ2) is 10.6. The number of nitro groups is 1. The molecule has 34 heavy (non-hydrogen) atoms. The van der Waals surface area contributed by atoms with Gasteiger partial charge in [-0.25, -0.2) is 5.43 Å². The Morgan fingerprint density at radius 2 is 1.74 bits per heavy atom. The maximum Gasteiger partial charge on any atom is 0.339 e. The van der Waals surface area contributed by atoms with E-state index < -0.39 is 20.9 Å². The number of non-ortho nitro benzene ring substituents is 1. The molecule has 0 atom stereocenters. The molecule has 3 aromatic rings. The minimum absolute atomic E-state index is 0.00225. The van der Waals surface area contributed by atoms with E-state index in [-0.39, 0.29) is 28.5 Å². The van der Waals surface area contributed by atoms with Crippen LogP contribution < -0.4 is 14.3 Å². The lowest BCUT2D eigenvalue weighted by Crippen LogP contribution is -2.19. The van der Waals surface area contributed by atoms with Crippen molar-refractivity contribution in [1.82, 2.24) is 5.43 Å². The predicted molar refractivity (Wildman–Crippen MR) is 125 cm³/mol. The van der Waals surface area contributed by atoms with Crippen LogP contribution in [0.3, 0.4) is 0 Å². The third-order valence-electron chi connectivity index (χ3n) is 4.61. The van der Waals surface area contributed by atoms with Crippen molar-refractivity contribution in [2.75, 3.05) is 7.11 Å². The molecule has 0 heterocycles. The Bertz CT molecular complexity index is 1320. The molecule has 0 unspecified atom stereocenters. The number of benzene rings is 3. The number of rotatable bonds is 9. The topological polar surface area (TPSA) is 137 Å². The van der Waals surface area contributed by atoms with Gasteiger partial charge in [-0.15, -0.1) is 0 Å². The zero-order valence-electron chi connectivity index (χ0n) is 18.3. The molecule has 3 aromatic carbocycles. The summed E-state index contributed by atoms with van der Waals surface area (Å²) in [4.78, 5) is 22.2. The standard InChI is InChI=1S/C23H21N3O7S/c1-16-3-10-20(11-4-16)34(30,31)33-21-12-7-18(13-22(21)32-2)15-24-25-23(27)14-17-5-8-19(9-6-17)26(28)29/h3-13,15H,14H2,1-2H3,(H,25,27)/b24-15-. The van der Waals surface area contributed by atoms with Crippen LogP contribution in [0.4, 0.5) is 5.69 Å². The van der Waals surface area contributed by atoms with Gasteiger partial charge in [-0.2, -0.15) is 13.5 Å². The molecule has 0 radical (unpaired) electrons. The number of nitrogens with zero attached hydrogens (tertiary/aromatic N) is 2. The van der Waals surface area contributed by atoms with Crippen molar-refractivity contribution in [3.8, 4) is 11.5 Å². The van der Waals surface area contributed by atoms with E-state index in [0.29, 0.717) is 11.1 Å². The molecule has 0 saturated heterocycles. The molecule has 0 aromatic heterocycles. The first-order chi connectivity index (χ1) is 16.2. The summed E-state index contributed by atoms with van der Waals surface area (Å²) in [5.74, 6) is -0.250. The highest BCUT2D eigenvalue weighted by molar-refractivity contribution is 7.87. The van der Waals surface area contributed by atoms with Crippen LogP contribution in [0, 0.1) is 17.0 Å². The predicted octanol–water partition coefficient (Wildman–Crippen LogP) is 3.37. The van der Waals surface area contributed by atoms with Crippen LogP contribution in [0.5, 0.6) is 11.5 Å². The number of carbonyl (C=O) groups is 1. The Kier molecular flexibility index (Phi) is 7.59. The molecule has 0 bridgehead atoms. The average Bonchev–Trinajstić information content (AvgIpc) is 2.80. The summed E-state index contributed by atoms with van der Waals surface area (Å²) >= 11 is 0. The van der Waals surface area contributed by atoms with Gasteiger partial charge in [0, 0.05) is 12.1 Å². The van der Waals surface area contributed by atoms with Crippen LogP contribution in [-0.2, 0) is 21.3 Å². The maximum atomic E-state index is 12.5. The number of methoxy groups -OCH3 is 1. The van der Waals surface area contributed by atoms with Crippen LogP contribution in [0.25, 0.3) is 0 Å². The Hall–Kier alpha value is -4.25. The second-order valence-corrected chi connectivity index (χ2v) is 8.70. The minimum atomic E-state index is -4.05. The Labute approximate surface area is 196 Å². The van der Waals surface area contributed by atoms with Crippen molar-refractivity contribution in [2.45, 2.75) is 18.2 Å². The zero-order valence-corrected chi connectivity index (χ0v) is 19.1. The number of carbonyl (C=O) groups excluding carboxylic acids is 1. The Morgan fingerprint density at radius 3 is 2.35 bits per heavy atom. The lowest BCUT2D eigenvalue weighted by molar-refractivity contribution is -0.384. The van der Waals surface area contributed by atoms with Crippen molar-refractivity contribution in [2.24, 2.45) is 5.10 Å². The van der Waals surface area contributed by atoms with Gasteiger partial charge in [0.2, 0.25) is 5.91 Å². The van der Waals surface area contributed by atoms with Crippen LogP contribution in [0.1, 0.15) is 16.7 Å². The fourth-order valence-corrected chi connectivity index (χ4v) is 3.78. The van der Waals surface area contributed by atoms with E-state index in [1.165, 1.54) is 61.9 Å². The number of nitrogens with one attached hydrogen (secondary N) is 1. The van der Waals surface area contributed by atoms with Gasteiger partial charge in [0.25, 0.3) is 5.69 Å². The van der Waals surface area contributed by atoms with Crippen LogP contribution >= 0.6 is 0 Å². The largest absolute Gasteiger partial charge is 0.493 e. The summed E-state index contributed by atoms with van der Waals surface area (Å²) < 4.78 is 35.5. The van der Waals surface area contributed by atoms with E-state index in [1.54, 1.807) is 18.2 Å². The smallest absolute Gasteiger partial charge is 0.339 e. The molecular weight excluding hydrogens is 462 g/mol. The molecule has 11 heteroatoms. The number of hydrogen-bond acceptors (Lipinski definition) is 8. The van der Waals surface area contributed by atoms with Crippen molar-refractivity contribution in [3.63, 3.8) is 0 Å². The number of hydrazone groups is 1. The lowest BCUT2D eigenvalue weighted by atomic mass is 10.1. The molecule has 10 nitrogen and oxygen atoms in total. The summed E-state index contributed by atoms with van der Waals surface area (Å²) in [6, 6.07) is 16.4. The molecule has 0 spiro atoms. The van der Waals surface area contributed by atoms with Gasteiger partial charge in [0.15, 0.2) is 11.5 Å². The first-order valence-electron chi connectivity index (χ1n) is 9.92. The van der Waals surface area contributed by atoms with Gasteiger partial charge in [0.05, 0.1) is 24.7 Å². The van der Waals surface area contributed by atoms with Gasteiger partial charge in [-0.3, -0.25) is 14.9 Å². The normalized spacial score (nSPS) is 11.2. The number of ether oxygens (including phenoxy) is 1. The molecule has 1 amide bonds. The molecule has 1 N–H and O–H groups in total. The zero-order chi connectivity index (χ0) is 24.7. The fraction of sp³-hybridized carbons (Fsp3) is 0.130. The fourth-order valence-electron chi connectivity index (χ4n) is 2.84. The van der Waals surface area contributed by atoms with Crippen molar-refractivity contribution in [1.29, 1.82) is 0 Å². The number of aryl methyl sites for hydroxylation is 1. The first kappa shape index (κ1) is 24.4. The highest BCUT2D eigenvalue weighted by Crippen LogP contribution is 2.30. The molecule has 0 fully saturated rings. The summed E-state index contributed by atoms with van der Waals surface area (Å²) in [5, 5.41) is 14.6. The summed E-state index contributed by atoms with van der Waals surface area (Å²) in [7, 11) is -2.68. The first-order valence-corrected chi connectivity index (χ1v) is 11.3. The SMILES string of the molecule is COc1cc(/C=N\NC(=O)Cc2ccc([N+](=O)[O-])cc2)ccc1OS(=O)(=O)c1ccc(C)cc1. The van der Waals surface area contributed by atoms with E-state index >= 15 is 0 Å². The van der Waals surface area contributed by atoms with Gasteiger partial charge < -0.3 is 8.92 Å². The average molecular weight is 484 g/mol. The van der Waals surface area contributed by atoms with E-state index in [0.717, 1.165) is 5.56 Å². The molecular formula is C23H21N3O7S. The molecule has 176 valence electrons. The minimum Gasteiger partial charge on any atom is -0.493 e. The van der Waals surface area contributed by atoms with E-state index in [9.17, 15) is 23.3 Å².